The van der Waals surface area contributed by atoms with Crippen LogP contribution in [0.5, 0.6) is 0 Å². The van der Waals surface area contributed by atoms with Gasteiger partial charge in [-0.25, -0.2) is 0 Å². The summed E-state index contributed by atoms with van der Waals surface area (Å²) in [7, 11) is 0. The van der Waals surface area contributed by atoms with E-state index < -0.39 is 16.6 Å². The molecule has 3 nitrogen and oxygen atoms in total. The lowest BCUT2D eigenvalue weighted by Gasteiger charge is -2.50. The van der Waals surface area contributed by atoms with Crippen LogP contribution >= 0.6 is 11.6 Å². The molecule has 4 heteroatoms. The molecule has 0 aromatic heterocycles. The van der Waals surface area contributed by atoms with E-state index in [4.69, 9.17) is 17.3 Å². The molecule has 0 radical (unpaired) electrons. The fourth-order valence-electron chi connectivity index (χ4n) is 3.84. The number of nitrogens with two attached hydrogens (primary N) is 1. The standard InChI is InChI=1S/C23H28ClNO2/c1-21(2,3)22(4,14-26)23(25,27)13-19-15-9-5-7-11-17(15)20(24)18-12-8-6-10-16(18)19/h5-12,26-27H,13-14,25H2,1-4H3. The SMILES string of the molecule is CC(C)(C)C(C)(CO)C(N)(O)Cc1c2ccccc2c(Cl)c2ccccc12. The number of hydrogen-bond donors (Lipinski definition) is 3. The maximum Gasteiger partial charge on any atom is 0.125 e. The Labute approximate surface area is 165 Å². The third-order valence-corrected chi connectivity index (χ3v) is 6.76. The summed E-state index contributed by atoms with van der Waals surface area (Å²) in [4.78, 5) is 0. The normalized spacial score (nSPS) is 17.0. The third-order valence-electron chi connectivity index (χ3n) is 6.35. The first-order valence-corrected chi connectivity index (χ1v) is 9.61. The second-order valence-corrected chi connectivity index (χ2v) is 9.10. The third kappa shape index (κ3) is 3.13. The van der Waals surface area contributed by atoms with Crippen molar-refractivity contribution in [2.24, 2.45) is 16.6 Å². The molecule has 27 heavy (non-hydrogen) atoms. The van der Waals surface area contributed by atoms with E-state index in [-0.39, 0.29) is 13.0 Å². The van der Waals surface area contributed by atoms with Crippen molar-refractivity contribution in [2.45, 2.75) is 39.8 Å². The molecule has 0 aliphatic rings. The molecule has 0 amide bonds. The summed E-state index contributed by atoms with van der Waals surface area (Å²) in [5.74, 6) is 0. The van der Waals surface area contributed by atoms with Crippen molar-refractivity contribution < 1.29 is 10.2 Å². The van der Waals surface area contributed by atoms with Crippen molar-refractivity contribution in [1.29, 1.82) is 0 Å². The summed E-state index contributed by atoms with van der Waals surface area (Å²) in [5.41, 5.74) is 4.54. The fraction of sp³-hybridized carbons (Fsp3) is 0.391. The highest BCUT2D eigenvalue weighted by Gasteiger charge is 2.51. The van der Waals surface area contributed by atoms with Crippen LogP contribution in [0.4, 0.5) is 0 Å². The summed E-state index contributed by atoms with van der Waals surface area (Å²) in [6.45, 7) is 7.58. The zero-order chi connectivity index (χ0) is 20.0. The topological polar surface area (TPSA) is 66.5 Å². The van der Waals surface area contributed by atoms with Crippen LogP contribution < -0.4 is 5.73 Å². The Morgan fingerprint density at radius 2 is 1.26 bits per heavy atom. The molecule has 0 saturated carbocycles. The van der Waals surface area contributed by atoms with Crippen LogP contribution in [-0.4, -0.2) is 22.5 Å². The van der Waals surface area contributed by atoms with Crippen molar-refractivity contribution in [3.05, 3.63) is 59.1 Å². The van der Waals surface area contributed by atoms with Crippen LogP contribution in [-0.2, 0) is 6.42 Å². The van der Waals surface area contributed by atoms with Gasteiger partial charge in [0.25, 0.3) is 0 Å². The minimum Gasteiger partial charge on any atom is -0.396 e. The monoisotopic (exact) mass is 385 g/mol. The number of rotatable bonds is 4. The number of hydrogen-bond acceptors (Lipinski definition) is 3. The minimum atomic E-state index is -1.61. The average molecular weight is 386 g/mol. The van der Waals surface area contributed by atoms with Gasteiger partial charge in [0.2, 0.25) is 0 Å². The van der Waals surface area contributed by atoms with Gasteiger partial charge in [-0.15, -0.1) is 0 Å². The van der Waals surface area contributed by atoms with Gasteiger partial charge in [0, 0.05) is 22.6 Å². The van der Waals surface area contributed by atoms with Gasteiger partial charge in [0.1, 0.15) is 5.72 Å². The molecule has 3 aromatic rings. The van der Waals surface area contributed by atoms with Crippen LogP contribution in [0.1, 0.15) is 33.3 Å². The first-order valence-electron chi connectivity index (χ1n) is 9.23. The second kappa shape index (κ2) is 6.75. The number of halogens is 1. The predicted octanol–water partition coefficient (Wildman–Crippen LogP) is 4.88. The molecule has 0 saturated heterocycles. The van der Waals surface area contributed by atoms with Crippen molar-refractivity contribution in [2.75, 3.05) is 6.61 Å². The van der Waals surface area contributed by atoms with Gasteiger partial charge < -0.3 is 15.9 Å². The van der Waals surface area contributed by atoms with E-state index in [9.17, 15) is 10.2 Å². The number of aliphatic hydroxyl groups is 2. The summed E-state index contributed by atoms with van der Waals surface area (Å²) in [6.07, 6.45) is 0.208. The molecule has 2 atom stereocenters. The van der Waals surface area contributed by atoms with Gasteiger partial charge in [-0.1, -0.05) is 87.8 Å². The van der Waals surface area contributed by atoms with Crippen molar-refractivity contribution in [1.82, 2.24) is 0 Å². The van der Waals surface area contributed by atoms with Crippen molar-refractivity contribution in [3.63, 3.8) is 0 Å². The lowest BCUT2D eigenvalue weighted by Crippen LogP contribution is -2.62. The summed E-state index contributed by atoms with van der Waals surface area (Å²) in [6, 6.07) is 15.8. The Kier molecular flexibility index (Phi) is 5.02. The Bertz CT molecular complexity index is 934. The molecule has 2 unspecified atom stereocenters. The molecule has 0 aliphatic carbocycles. The Morgan fingerprint density at radius 3 is 1.63 bits per heavy atom. The van der Waals surface area contributed by atoms with E-state index in [1.807, 2.05) is 76.2 Å². The molecule has 0 spiro atoms. The van der Waals surface area contributed by atoms with Gasteiger partial charge >= 0.3 is 0 Å². The largest absolute Gasteiger partial charge is 0.396 e. The highest BCUT2D eigenvalue weighted by Crippen LogP contribution is 2.47. The predicted molar refractivity (Wildman–Crippen MR) is 114 cm³/mol. The Hall–Kier alpha value is -1.65. The summed E-state index contributed by atoms with van der Waals surface area (Å²) in [5, 5.41) is 26.1. The fourth-order valence-corrected chi connectivity index (χ4v) is 4.17. The molecule has 0 bridgehead atoms. The van der Waals surface area contributed by atoms with E-state index in [1.165, 1.54) is 0 Å². The second-order valence-electron chi connectivity index (χ2n) is 8.72. The molecule has 0 heterocycles. The highest BCUT2D eigenvalue weighted by atomic mass is 35.5. The lowest BCUT2D eigenvalue weighted by molar-refractivity contribution is -0.149. The molecule has 0 fully saturated rings. The van der Waals surface area contributed by atoms with Gasteiger partial charge in [0.05, 0.1) is 11.6 Å². The first-order chi connectivity index (χ1) is 12.5. The molecule has 3 rings (SSSR count). The quantitative estimate of drug-likeness (QED) is 0.443. The van der Waals surface area contributed by atoms with Crippen molar-refractivity contribution in [3.8, 4) is 0 Å². The van der Waals surface area contributed by atoms with E-state index in [0.717, 1.165) is 27.1 Å². The Morgan fingerprint density at radius 1 is 0.852 bits per heavy atom. The Balaban J connectivity index is 2.29. The van der Waals surface area contributed by atoms with Crippen LogP contribution in [0.25, 0.3) is 21.5 Å². The molecule has 4 N–H and O–H groups in total. The maximum atomic E-state index is 11.4. The van der Waals surface area contributed by atoms with E-state index in [0.29, 0.717) is 5.02 Å². The summed E-state index contributed by atoms with van der Waals surface area (Å²) < 4.78 is 0. The van der Waals surface area contributed by atoms with Crippen LogP contribution in [0, 0.1) is 10.8 Å². The average Bonchev–Trinajstić information content (AvgIpc) is 2.63. The minimum absolute atomic E-state index is 0.208. The first kappa shape index (κ1) is 20.1. The highest BCUT2D eigenvalue weighted by molar-refractivity contribution is 6.41. The molecule has 3 aromatic carbocycles. The number of benzene rings is 3. The smallest absolute Gasteiger partial charge is 0.125 e. The van der Waals surface area contributed by atoms with Crippen LogP contribution in [0.15, 0.2) is 48.5 Å². The van der Waals surface area contributed by atoms with Crippen molar-refractivity contribution >= 4 is 33.1 Å². The zero-order valence-electron chi connectivity index (χ0n) is 16.4. The van der Waals surface area contributed by atoms with E-state index in [1.54, 1.807) is 0 Å². The maximum absolute atomic E-state index is 11.4. The molecule has 0 aliphatic heterocycles. The summed E-state index contributed by atoms with van der Waals surface area (Å²) >= 11 is 6.67. The van der Waals surface area contributed by atoms with E-state index in [2.05, 4.69) is 0 Å². The van der Waals surface area contributed by atoms with Gasteiger partial charge in [-0.2, -0.15) is 0 Å². The molecular formula is C23H28ClNO2. The molecule has 144 valence electrons. The van der Waals surface area contributed by atoms with E-state index >= 15 is 0 Å². The van der Waals surface area contributed by atoms with Crippen LogP contribution in [0.2, 0.25) is 5.02 Å². The number of fused-ring (bicyclic) bond motifs is 2. The van der Waals surface area contributed by atoms with Crippen LogP contribution in [0.3, 0.4) is 0 Å². The lowest BCUT2D eigenvalue weighted by atomic mass is 9.61. The van der Waals surface area contributed by atoms with Gasteiger partial charge in [0.15, 0.2) is 0 Å². The zero-order valence-corrected chi connectivity index (χ0v) is 17.1. The van der Waals surface area contributed by atoms with Gasteiger partial charge in [-0.3, -0.25) is 0 Å². The molecular weight excluding hydrogens is 358 g/mol. The number of aliphatic hydroxyl groups excluding tert-OH is 1. The van der Waals surface area contributed by atoms with Gasteiger partial charge in [-0.05, 0) is 21.8 Å².